The number of ether oxygens (including phenoxy) is 1. The van der Waals surface area contributed by atoms with Crippen LogP contribution in [0.25, 0.3) is 0 Å². The standard InChI is InChI=1S/C8H6O6/c9-7(14-12)5-3-1-2-4-6(5)13-8(10)11/h1-4,12H,(H,10,11). The van der Waals surface area contributed by atoms with Crippen molar-refractivity contribution in [2.75, 3.05) is 0 Å². The molecule has 0 amide bonds. The Balaban J connectivity index is 3.02. The minimum absolute atomic E-state index is 0.169. The van der Waals surface area contributed by atoms with Gasteiger partial charge in [0.2, 0.25) is 0 Å². The smallest absolute Gasteiger partial charge is 0.449 e. The second-order valence-electron chi connectivity index (χ2n) is 2.24. The number of benzene rings is 1. The average molecular weight is 198 g/mol. The molecule has 0 atom stereocenters. The molecule has 1 aromatic carbocycles. The van der Waals surface area contributed by atoms with E-state index in [9.17, 15) is 9.59 Å². The quantitative estimate of drug-likeness (QED) is 0.322. The van der Waals surface area contributed by atoms with Crippen molar-refractivity contribution in [2.24, 2.45) is 0 Å². The minimum Gasteiger partial charge on any atom is -0.449 e. The van der Waals surface area contributed by atoms with Crippen LogP contribution in [-0.2, 0) is 4.89 Å². The maximum absolute atomic E-state index is 10.9. The van der Waals surface area contributed by atoms with Crippen molar-refractivity contribution in [2.45, 2.75) is 0 Å². The summed E-state index contributed by atoms with van der Waals surface area (Å²) >= 11 is 0. The number of carbonyl (C=O) groups is 2. The predicted octanol–water partition coefficient (Wildman–Crippen LogP) is 1.37. The van der Waals surface area contributed by atoms with Gasteiger partial charge in [-0.25, -0.2) is 9.59 Å². The van der Waals surface area contributed by atoms with Gasteiger partial charge in [-0.15, -0.1) is 0 Å². The molecule has 2 N–H and O–H groups in total. The van der Waals surface area contributed by atoms with Crippen molar-refractivity contribution in [1.82, 2.24) is 0 Å². The number of rotatable bonds is 2. The van der Waals surface area contributed by atoms with Crippen LogP contribution >= 0.6 is 0 Å². The van der Waals surface area contributed by atoms with Gasteiger partial charge in [0.25, 0.3) is 0 Å². The highest BCUT2D eigenvalue weighted by molar-refractivity contribution is 5.92. The molecule has 0 bridgehead atoms. The molecule has 0 saturated heterocycles. The molecule has 1 aromatic rings. The van der Waals surface area contributed by atoms with Gasteiger partial charge in [0.05, 0.1) is 0 Å². The van der Waals surface area contributed by atoms with Gasteiger partial charge in [-0.3, -0.25) is 4.89 Å². The van der Waals surface area contributed by atoms with Gasteiger partial charge in [0.15, 0.2) is 0 Å². The van der Waals surface area contributed by atoms with Crippen molar-refractivity contribution < 1.29 is 29.6 Å². The SMILES string of the molecule is O=C(O)Oc1ccccc1C(=O)OO. The van der Waals surface area contributed by atoms with E-state index in [2.05, 4.69) is 9.62 Å². The number of carbonyl (C=O) groups excluding carboxylic acids is 1. The highest BCUT2D eigenvalue weighted by Gasteiger charge is 2.15. The van der Waals surface area contributed by atoms with E-state index in [4.69, 9.17) is 10.4 Å². The normalized spacial score (nSPS) is 9.21. The summed E-state index contributed by atoms with van der Waals surface area (Å²) in [5.41, 5.74) is -0.169. The average Bonchev–Trinajstić information content (AvgIpc) is 2.16. The van der Waals surface area contributed by atoms with E-state index < -0.39 is 12.1 Å². The Morgan fingerprint density at radius 2 is 1.86 bits per heavy atom. The first-order chi connectivity index (χ1) is 6.65. The van der Waals surface area contributed by atoms with E-state index >= 15 is 0 Å². The molecular weight excluding hydrogens is 192 g/mol. The Kier molecular flexibility index (Phi) is 3.03. The number of carboxylic acid groups (broad SMARTS) is 1. The number of hydrogen-bond acceptors (Lipinski definition) is 5. The van der Waals surface area contributed by atoms with Gasteiger partial charge >= 0.3 is 12.1 Å². The lowest BCUT2D eigenvalue weighted by molar-refractivity contribution is -0.182. The molecular formula is C8H6O6. The zero-order valence-corrected chi connectivity index (χ0v) is 6.84. The van der Waals surface area contributed by atoms with Crippen LogP contribution in [0.3, 0.4) is 0 Å². The van der Waals surface area contributed by atoms with Crippen molar-refractivity contribution in [3.63, 3.8) is 0 Å². The van der Waals surface area contributed by atoms with Gasteiger partial charge in [0.1, 0.15) is 11.3 Å². The molecule has 0 radical (unpaired) electrons. The van der Waals surface area contributed by atoms with E-state index in [0.717, 1.165) is 0 Å². The van der Waals surface area contributed by atoms with Gasteiger partial charge in [0, 0.05) is 0 Å². The molecule has 74 valence electrons. The maximum atomic E-state index is 10.9. The molecule has 0 saturated carbocycles. The third kappa shape index (κ3) is 2.20. The molecule has 0 aliphatic heterocycles. The Bertz CT molecular complexity index is 359. The first kappa shape index (κ1) is 10.0. The van der Waals surface area contributed by atoms with E-state index in [1.54, 1.807) is 0 Å². The number of hydrogen-bond donors (Lipinski definition) is 2. The molecule has 6 heteroatoms. The van der Waals surface area contributed by atoms with Gasteiger partial charge in [-0.1, -0.05) is 12.1 Å². The van der Waals surface area contributed by atoms with Crippen LogP contribution in [0.1, 0.15) is 10.4 Å². The molecule has 0 spiro atoms. The minimum atomic E-state index is -1.55. The molecule has 0 heterocycles. The molecule has 0 aliphatic rings. The van der Waals surface area contributed by atoms with Crippen molar-refractivity contribution in [1.29, 1.82) is 0 Å². The van der Waals surface area contributed by atoms with Gasteiger partial charge in [-0.05, 0) is 12.1 Å². The Labute approximate surface area is 78.2 Å². The molecule has 0 aromatic heterocycles. The van der Waals surface area contributed by atoms with Gasteiger partial charge in [-0.2, -0.15) is 5.26 Å². The monoisotopic (exact) mass is 198 g/mol. The van der Waals surface area contributed by atoms with Crippen LogP contribution in [0.4, 0.5) is 4.79 Å². The van der Waals surface area contributed by atoms with Crippen LogP contribution in [0.2, 0.25) is 0 Å². The fraction of sp³-hybridized carbons (Fsp3) is 0. The van der Waals surface area contributed by atoms with E-state index in [1.807, 2.05) is 0 Å². The molecule has 0 aliphatic carbocycles. The van der Waals surface area contributed by atoms with Crippen LogP contribution in [0, 0.1) is 0 Å². The third-order valence-corrected chi connectivity index (χ3v) is 1.39. The summed E-state index contributed by atoms with van der Waals surface area (Å²) in [6.45, 7) is 0. The summed E-state index contributed by atoms with van der Waals surface area (Å²) < 4.78 is 4.27. The second-order valence-corrected chi connectivity index (χ2v) is 2.24. The second kappa shape index (κ2) is 4.24. The fourth-order valence-corrected chi connectivity index (χ4v) is 0.868. The van der Waals surface area contributed by atoms with Gasteiger partial charge < -0.3 is 9.84 Å². The lowest BCUT2D eigenvalue weighted by Gasteiger charge is -2.03. The van der Waals surface area contributed by atoms with E-state index in [0.29, 0.717) is 0 Å². The highest BCUT2D eigenvalue weighted by atomic mass is 17.1. The van der Waals surface area contributed by atoms with E-state index in [1.165, 1.54) is 24.3 Å². The molecule has 0 unspecified atom stereocenters. The van der Waals surface area contributed by atoms with Crippen molar-refractivity contribution >= 4 is 12.1 Å². The molecule has 1 rings (SSSR count). The molecule has 6 nitrogen and oxygen atoms in total. The summed E-state index contributed by atoms with van der Waals surface area (Å²) in [6.07, 6.45) is -1.55. The van der Waals surface area contributed by atoms with Crippen molar-refractivity contribution in [3.8, 4) is 5.75 Å². The summed E-state index contributed by atoms with van der Waals surface area (Å²) in [6, 6.07) is 5.48. The first-order valence-electron chi connectivity index (χ1n) is 3.50. The summed E-state index contributed by atoms with van der Waals surface area (Å²) in [5, 5.41) is 16.4. The zero-order valence-electron chi connectivity index (χ0n) is 6.84. The summed E-state index contributed by atoms with van der Waals surface area (Å²) in [5.74, 6) is -1.28. The Hall–Kier alpha value is -2.08. The summed E-state index contributed by atoms with van der Waals surface area (Å²) in [7, 11) is 0. The first-order valence-corrected chi connectivity index (χ1v) is 3.50. The largest absolute Gasteiger partial charge is 0.511 e. The highest BCUT2D eigenvalue weighted by Crippen LogP contribution is 2.18. The Morgan fingerprint density at radius 3 is 2.43 bits per heavy atom. The predicted molar refractivity (Wildman–Crippen MR) is 43.1 cm³/mol. The van der Waals surface area contributed by atoms with E-state index in [-0.39, 0.29) is 11.3 Å². The fourth-order valence-electron chi connectivity index (χ4n) is 0.868. The zero-order chi connectivity index (χ0) is 10.6. The maximum Gasteiger partial charge on any atom is 0.511 e. The lowest BCUT2D eigenvalue weighted by Crippen LogP contribution is -2.09. The van der Waals surface area contributed by atoms with Crippen LogP contribution in [0.5, 0.6) is 5.75 Å². The number of para-hydroxylation sites is 1. The van der Waals surface area contributed by atoms with Crippen LogP contribution < -0.4 is 4.74 Å². The van der Waals surface area contributed by atoms with Crippen molar-refractivity contribution in [3.05, 3.63) is 29.8 Å². The molecule has 14 heavy (non-hydrogen) atoms. The van der Waals surface area contributed by atoms with Crippen LogP contribution in [-0.4, -0.2) is 22.5 Å². The molecule has 0 fully saturated rings. The lowest BCUT2D eigenvalue weighted by atomic mass is 10.2. The third-order valence-electron chi connectivity index (χ3n) is 1.39. The topological polar surface area (TPSA) is 93.1 Å². The summed E-state index contributed by atoms with van der Waals surface area (Å²) in [4.78, 5) is 24.5. The Morgan fingerprint density at radius 1 is 1.21 bits per heavy atom. The van der Waals surface area contributed by atoms with Crippen LogP contribution in [0.15, 0.2) is 24.3 Å².